The molecule has 5 rings (SSSR count). The van der Waals surface area contributed by atoms with Crippen LogP contribution < -0.4 is 10.2 Å². The maximum atomic E-state index is 11.6. The van der Waals surface area contributed by atoms with Crippen molar-refractivity contribution >= 4 is 11.5 Å². The molecule has 3 aromatic rings. The summed E-state index contributed by atoms with van der Waals surface area (Å²) in [6.45, 7) is 3.27. The van der Waals surface area contributed by atoms with E-state index in [1.807, 2.05) is 16.8 Å². The number of hydroxylamine groups is 1. The molecule has 2 aromatic heterocycles. The van der Waals surface area contributed by atoms with E-state index in [0.717, 1.165) is 42.6 Å². The summed E-state index contributed by atoms with van der Waals surface area (Å²) in [5.74, 6) is 0.942. The van der Waals surface area contributed by atoms with Gasteiger partial charge < -0.3 is 9.64 Å². The maximum Gasteiger partial charge on any atom is 0.341 e. The SMILES string of the molecule is Cc1c(-c2ccc3c(c2)CCC2(CCN(C(=O)NO)CC2)O3)ccc2ccnn12. The molecule has 2 N–H and O–H groups in total. The van der Waals surface area contributed by atoms with E-state index in [4.69, 9.17) is 9.94 Å². The van der Waals surface area contributed by atoms with Crippen LogP contribution in [-0.4, -0.2) is 44.4 Å². The Bertz CT molecular complexity index is 1080. The van der Waals surface area contributed by atoms with Crippen LogP contribution in [-0.2, 0) is 6.42 Å². The van der Waals surface area contributed by atoms with Gasteiger partial charge >= 0.3 is 6.03 Å². The van der Waals surface area contributed by atoms with E-state index < -0.39 is 6.03 Å². The van der Waals surface area contributed by atoms with Gasteiger partial charge in [-0.1, -0.05) is 12.1 Å². The van der Waals surface area contributed by atoms with Gasteiger partial charge in [0.25, 0.3) is 0 Å². The molecule has 0 aliphatic carbocycles. The second-order valence-corrected chi connectivity index (χ2v) is 8.01. The molecule has 0 atom stereocenters. The number of aryl methyl sites for hydroxylation is 2. The number of benzene rings is 1. The molecule has 0 saturated carbocycles. The van der Waals surface area contributed by atoms with E-state index in [1.54, 1.807) is 10.4 Å². The lowest BCUT2D eigenvalue weighted by Gasteiger charge is -2.44. The number of urea groups is 1. The van der Waals surface area contributed by atoms with E-state index in [9.17, 15) is 4.79 Å². The van der Waals surface area contributed by atoms with Crippen molar-refractivity contribution in [3.05, 3.63) is 53.9 Å². The lowest BCUT2D eigenvalue weighted by Crippen LogP contribution is -2.52. The second-order valence-electron chi connectivity index (χ2n) is 8.01. The molecule has 1 fully saturated rings. The number of hydrogen-bond donors (Lipinski definition) is 2. The van der Waals surface area contributed by atoms with Crippen molar-refractivity contribution in [2.24, 2.45) is 0 Å². The summed E-state index contributed by atoms with van der Waals surface area (Å²) in [5, 5.41) is 13.2. The zero-order valence-electron chi connectivity index (χ0n) is 16.4. The van der Waals surface area contributed by atoms with E-state index in [1.165, 1.54) is 16.7 Å². The highest BCUT2D eigenvalue weighted by atomic mass is 16.5. The Morgan fingerprint density at radius 1 is 1.17 bits per heavy atom. The molecule has 1 aromatic carbocycles. The van der Waals surface area contributed by atoms with Gasteiger partial charge in [0.15, 0.2) is 0 Å². The number of piperidine rings is 1. The Labute approximate surface area is 168 Å². The normalized spacial score (nSPS) is 17.8. The number of aromatic nitrogens is 2. The molecule has 1 saturated heterocycles. The molecule has 0 bridgehead atoms. The van der Waals surface area contributed by atoms with Gasteiger partial charge in [0.1, 0.15) is 11.4 Å². The highest BCUT2D eigenvalue weighted by Crippen LogP contribution is 2.41. The van der Waals surface area contributed by atoms with Crippen LogP contribution in [0.25, 0.3) is 16.6 Å². The standard InChI is InChI=1S/C22H24N4O3/c1-15-19(4-3-18-7-11-23-26(15)18)16-2-5-20-17(14-16)6-8-22(29-20)9-12-25(13-10-22)21(27)24-28/h2-5,7,11,14,28H,6,8-10,12-13H2,1H3,(H,24,27). The maximum absolute atomic E-state index is 11.6. The predicted molar refractivity (Wildman–Crippen MR) is 108 cm³/mol. The van der Waals surface area contributed by atoms with Crippen LogP contribution in [0, 0.1) is 6.92 Å². The first-order valence-electron chi connectivity index (χ1n) is 10.0. The van der Waals surface area contributed by atoms with Gasteiger partial charge in [-0.15, -0.1) is 0 Å². The molecule has 150 valence electrons. The van der Waals surface area contributed by atoms with Crippen molar-refractivity contribution < 1.29 is 14.7 Å². The minimum absolute atomic E-state index is 0.218. The number of fused-ring (bicyclic) bond motifs is 2. The lowest BCUT2D eigenvalue weighted by molar-refractivity contribution is -0.00877. The molecular formula is C22H24N4O3. The van der Waals surface area contributed by atoms with Crippen LogP contribution in [0.4, 0.5) is 4.79 Å². The van der Waals surface area contributed by atoms with Crippen molar-refractivity contribution in [2.45, 2.75) is 38.2 Å². The number of likely N-dealkylation sites (tertiary alicyclic amines) is 1. The average Bonchev–Trinajstić information content (AvgIpc) is 3.24. The summed E-state index contributed by atoms with van der Waals surface area (Å²) in [6, 6.07) is 12.2. The van der Waals surface area contributed by atoms with Crippen LogP contribution in [0.1, 0.15) is 30.5 Å². The first-order valence-corrected chi connectivity index (χ1v) is 10.0. The zero-order valence-corrected chi connectivity index (χ0v) is 16.4. The Morgan fingerprint density at radius 2 is 2.00 bits per heavy atom. The Balaban J connectivity index is 1.39. The number of nitrogens with one attached hydrogen (secondary N) is 1. The van der Waals surface area contributed by atoms with Gasteiger partial charge in [-0.25, -0.2) is 14.8 Å². The first-order chi connectivity index (χ1) is 14.1. The fourth-order valence-electron chi connectivity index (χ4n) is 4.66. The molecule has 4 heterocycles. The number of pyridine rings is 1. The lowest BCUT2D eigenvalue weighted by atomic mass is 9.82. The molecule has 2 amide bonds. The molecular weight excluding hydrogens is 368 g/mol. The highest BCUT2D eigenvalue weighted by molar-refractivity contribution is 5.73. The smallest absolute Gasteiger partial charge is 0.341 e. The number of hydrogen-bond acceptors (Lipinski definition) is 4. The largest absolute Gasteiger partial charge is 0.487 e. The molecule has 0 unspecified atom stereocenters. The summed E-state index contributed by atoms with van der Waals surface area (Å²) in [4.78, 5) is 13.2. The topological polar surface area (TPSA) is 79.1 Å². The van der Waals surface area contributed by atoms with Gasteiger partial charge in [0.2, 0.25) is 0 Å². The minimum Gasteiger partial charge on any atom is -0.487 e. The number of nitrogens with zero attached hydrogens (tertiary/aromatic N) is 3. The van der Waals surface area contributed by atoms with E-state index in [-0.39, 0.29) is 5.60 Å². The summed E-state index contributed by atoms with van der Waals surface area (Å²) in [7, 11) is 0. The Kier molecular flexibility index (Phi) is 4.20. The third kappa shape index (κ3) is 3.02. The second kappa shape index (κ2) is 6.77. The minimum atomic E-state index is -0.440. The number of carbonyl (C=O) groups is 1. The van der Waals surface area contributed by atoms with Gasteiger partial charge in [-0.2, -0.15) is 5.10 Å². The predicted octanol–water partition coefficient (Wildman–Crippen LogP) is 3.57. The van der Waals surface area contributed by atoms with Crippen LogP contribution in [0.15, 0.2) is 42.6 Å². The fraction of sp³-hybridized carbons (Fsp3) is 0.364. The Hall–Kier alpha value is -3.06. The van der Waals surface area contributed by atoms with Gasteiger partial charge in [0.05, 0.1) is 5.52 Å². The van der Waals surface area contributed by atoms with Crippen molar-refractivity contribution in [1.29, 1.82) is 0 Å². The fourth-order valence-corrected chi connectivity index (χ4v) is 4.66. The zero-order chi connectivity index (χ0) is 20.0. The third-order valence-electron chi connectivity index (χ3n) is 6.41. The van der Waals surface area contributed by atoms with Gasteiger partial charge in [-0.05, 0) is 55.2 Å². The molecule has 7 heteroatoms. The summed E-state index contributed by atoms with van der Waals surface area (Å²) >= 11 is 0. The average molecular weight is 392 g/mol. The van der Waals surface area contributed by atoms with Crippen molar-refractivity contribution in [2.75, 3.05) is 13.1 Å². The molecule has 1 spiro atoms. The monoisotopic (exact) mass is 392 g/mol. The Morgan fingerprint density at radius 3 is 2.79 bits per heavy atom. The molecule has 0 radical (unpaired) electrons. The first kappa shape index (κ1) is 18.0. The van der Waals surface area contributed by atoms with Gasteiger partial charge in [-0.3, -0.25) is 5.21 Å². The number of amides is 2. The van der Waals surface area contributed by atoms with Crippen LogP contribution in [0.5, 0.6) is 5.75 Å². The molecule has 29 heavy (non-hydrogen) atoms. The summed E-state index contributed by atoms with van der Waals surface area (Å²) in [5.41, 5.74) is 7.29. The van der Waals surface area contributed by atoms with Gasteiger partial charge in [0, 0.05) is 43.4 Å². The molecule has 2 aliphatic heterocycles. The van der Waals surface area contributed by atoms with E-state index in [2.05, 4.69) is 42.4 Å². The highest BCUT2D eigenvalue weighted by Gasteiger charge is 2.40. The van der Waals surface area contributed by atoms with Crippen LogP contribution in [0.2, 0.25) is 0 Å². The van der Waals surface area contributed by atoms with E-state index in [0.29, 0.717) is 13.1 Å². The van der Waals surface area contributed by atoms with Crippen molar-refractivity contribution in [3.8, 4) is 16.9 Å². The number of ether oxygens (including phenoxy) is 1. The number of rotatable bonds is 1. The summed E-state index contributed by atoms with van der Waals surface area (Å²) < 4.78 is 8.43. The van der Waals surface area contributed by atoms with Crippen molar-refractivity contribution in [3.63, 3.8) is 0 Å². The van der Waals surface area contributed by atoms with Crippen LogP contribution >= 0.6 is 0 Å². The van der Waals surface area contributed by atoms with E-state index >= 15 is 0 Å². The molecule has 2 aliphatic rings. The number of carbonyl (C=O) groups excluding carboxylic acids is 1. The quantitative estimate of drug-likeness (QED) is 0.490. The summed E-state index contributed by atoms with van der Waals surface area (Å²) in [6.07, 6.45) is 5.27. The molecule has 7 nitrogen and oxygen atoms in total. The third-order valence-corrected chi connectivity index (χ3v) is 6.41. The van der Waals surface area contributed by atoms with Crippen molar-refractivity contribution in [1.82, 2.24) is 20.0 Å². The van der Waals surface area contributed by atoms with Crippen LogP contribution in [0.3, 0.4) is 0 Å².